The van der Waals surface area contributed by atoms with E-state index in [9.17, 15) is 0 Å². The minimum Gasteiger partial charge on any atom is -0.397 e. The molecule has 0 aliphatic carbocycles. The molecule has 2 aromatic rings. The molecule has 0 saturated heterocycles. The third kappa shape index (κ3) is 2.73. The van der Waals surface area contributed by atoms with Crippen LogP contribution in [0.3, 0.4) is 0 Å². The maximum absolute atomic E-state index is 5.55. The van der Waals surface area contributed by atoms with Gasteiger partial charge in [-0.1, -0.05) is 0 Å². The fraction of sp³-hybridized carbons (Fsp3) is 0.273. The second-order valence-corrected chi connectivity index (χ2v) is 3.63. The summed E-state index contributed by atoms with van der Waals surface area (Å²) < 4.78 is 1.80. The summed E-state index contributed by atoms with van der Waals surface area (Å²) in [5.74, 6) is 0.838. The summed E-state index contributed by atoms with van der Waals surface area (Å²) in [6.45, 7) is 0.813. The van der Waals surface area contributed by atoms with E-state index in [1.54, 1.807) is 10.9 Å². The van der Waals surface area contributed by atoms with Gasteiger partial charge in [-0.05, 0) is 18.2 Å². The van der Waals surface area contributed by atoms with Crippen LogP contribution in [0.2, 0.25) is 0 Å². The normalized spacial score (nSPS) is 10.3. The Kier molecular flexibility index (Phi) is 3.05. The summed E-state index contributed by atoms with van der Waals surface area (Å²) in [7, 11) is 1.92. The molecule has 0 unspecified atom stereocenters. The van der Waals surface area contributed by atoms with Crippen LogP contribution in [0.4, 0.5) is 11.5 Å². The van der Waals surface area contributed by atoms with Gasteiger partial charge in [0.2, 0.25) is 0 Å². The molecule has 0 fully saturated rings. The van der Waals surface area contributed by atoms with E-state index in [1.807, 2.05) is 31.4 Å². The SMILES string of the molecule is Cn1ccc(CCNc2ccc(N)cn2)n1. The molecular weight excluding hydrogens is 202 g/mol. The summed E-state index contributed by atoms with van der Waals surface area (Å²) in [6, 6.07) is 5.71. The molecule has 0 radical (unpaired) electrons. The summed E-state index contributed by atoms with van der Waals surface area (Å²) in [4.78, 5) is 4.15. The lowest BCUT2D eigenvalue weighted by molar-refractivity contribution is 0.742. The second-order valence-electron chi connectivity index (χ2n) is 3.63. The van der Waals surface area contributed by atoms with Crippen molar-refractivity contribution in [1.29, 1.82) is 0 Å². The number of hydrogen-bond acceptors (Lipinski definition) is 4. The fourth-order valence-electron chi connectivity index (χ4n) is 1.43. The maximum Gasteiger partial charge on any atom is 0.126 e. The van der Waals surface area contributed by atoms with E-state index in [0.29, 0.717) is 5.69 Å². The molecule has 5 heteroatoms. The second kappa shape index (κ2) is 4.65. The van der Waals surface area contributed by atoms with E-state index >= 15 is 0 Å². The molecule has 2 aromatic heterocycles. The first-order chi connectivity index (χ1) is 7.74. The third-order valence-electron chi connectivity index (χ3n) is 2.24. The molecule has 2 heterocycles. The van der Waals surface area contributed by atoms with Crippen molar-refractivity contribution in [3.8, 4) is 0 Å². The number of nitrogens with zero attached hydrogens (tertiary/aromatic N) is 3. The highest BCUT2D eigenvalue weighted by molar-refractivity contribution is 5.43. The number of nitrogens with one attached hydrogen (secondary N) is 1. The van der Waals surface area contributed by atoms with Gasteiger partial charge < -0.3 is 11.1 Å². The standard InChI is InChI=1S/C11H15N5/c1-16-7-5-10(15-16)4-6-13-11-3-2-9(12)8-14-11/h2-3,5,7-8H,4,6,12H2,1H3,(H,13,14). The fourth-order valence-corrected chi connectivity index (χ4v) is 1.43. The van der Waals surface area contributed by atoms with Gasteiger partial charge in [-0.15, -0.1) is 0 Å². The Bertz CT molecular complexity index is 446. The molecule has 3 N–H and O–H groups in total. The first-order valence-electron chi connectivity index (χ1n) is 5.18. The number of pyridine rings is 1. The van der Waals surface area contributed by atoms with Crippen LogP contribution in [-0.4, -0.2) is 21.3 Å². The number of hydrogen-bond donors (Lipinski definition) is 2. The molecule has 16 heavy (non-hydrogen) atoms. The van der Waals surface area contributed by atoms with Crippen LogP contribution in [-0.2, 0) is 13.5 Å². The number of aryl methyl sites for hydroxylation is 1. The molecule has 0 spiro atoms. The van der Waals surface area contributed by atoms with Crippen molar-refractivity contribution in [3.05, 3.63) is 36.3 Å². The van der Waals surface area contributed by atoms with E-state index in [-0.39, 0.29) is 0 Å². The zero-order chi connectivity index (χ0) is 11.4. The molecule has 0 saturated carbocycles. The molecule has 0 amide bonds. The summed E-state index contributed by atoms with van der Waals surface area (Å²) >= 11 is 0. The molecule has 84 valence electrons. The van der Waals surface area contributed by atoms with Crippen molar-refractivity contribution in [2.75, 3.05) is 17.6 Å². The Morgan fingerprint density at radius 3 is 2.88 bits per heavy atom. The van der Waals surface area contributed by atoms with Crippen LogP contribution in [0.15, 0.2) is 30.6 Å². The zero-order valence-electron chi connectivity index (χ0n) is 9.22. The van der Waals surface area contributed by atoms with E-state index in [2.05, 4.69) is 15.4 Å². The zero-order valence-corrected chi connectivity index (χ0v) is 9.22. The van der Waals surface area contributed by atoms with Gasteiger partial charge in [-0.3, -0.25) is 4.68 Å². The Balaban J connectivity index is 1.82. The molecule has 0 aliphatic rings. The van der Waals surface area contributed by atoms with E-state index in [4.69, 9.17) is 5.73 Å². The number of nitrogens with two attached hydrogens (primary N) is 1. The first kappa shape index (κ1) is 10.5. The van der Waals surface area contributed by atoms with Gasteiger partial charge in [0.05, 0.1) is 17.6 Å². The Hall–Kier alpha value is -2.04. The number of anilines is 2. The number of rotatable bonds is 4. The Morgan fingerprint density at radius 1 is 1.38 bits per heavy atom. The van der Waals surface area contributed by atoms with Crippen LogP contribution < -0.4 is 11.1 Å². The minimum atomic E-state index is 0.676. The average molecular weight is 217 g/mol. The lowest BCUT2D eigenvalue weighted by atomic mass is 10.3. The monoisotopic (exact) mass is 217 g/mol. The highest BCUT2D eigenvalue weighted by atomic mass is 15.2. The van der Waals surface area contributed by atoms with Gasteiger partial charge in [0.15, 0.2) is 0 Å². The highest BCUT2D eigenvalue weighted by Crippen LogP contribution is 2.05. The van der Waals surface area contributed by atoms with Gasteiger partial charge in [0.25, 0.3) is 0 Å². The van der Waals surface area contributed by atoms with Crippen LogP contribution in [0.25, 0.3) is 0 Å². The average Bonchev–Trinajstić information content (AvgIpc) is 2.67. The first-order valence-corrected chi connectivity index (χ1v) is 5.18. The molecule has 2 rings (SSSR count). The number of nitrogen functional groups attached to an aromatic ring is 1. The Morgan fingerprint density at radius 2 is 2.25 bits per heavy atom. The van der Waals surface area contributed by atoms with Crippen molar-refractivity contribution >= 4 is 11.5 Å². The Labute approximate surface area is 94.3 Å². The van der Waals surface area contributed by atoms with Gasteiger partial charge >= 0.3 is 0 Å². The summed E-state index contributed by atoms with van der Waals surface area (Å²) in [5, 5.41) is 7.51. The summed E-state index contributed by atoms with van der Waals surface area (Å²) in [6.07, 6.45) is 4.47. The molecule has 5 nitrogen and oxygen atoms in total. The van der Waals surface area contributed by atoms with Crippen molar-refractivity contribution < 1.29 is 0 Å². The predicted molar refractivity (Wildman–Crippen MR) is 64.1 cm³/mol. The van der Waals surface area contributed by atoms with E-state index in [0.717, 1.165) is 24.5 Å². The molecule has 0 aromatic carbocycles. The van der Waals surface area contributed by atoms with Crippen molar-refractivity contribution in [3.63, 3.8) is 0 Å². The van der Waals surface area contributed by atoms with Crippen LogP contribution in [0, 0.1) is 0 Å². The van der Waals surface area contributed by atoms with Gasteiger partial charge in [-0.2, -0.15) is 5.10 Å². The molecule has 0 bridgehead atoms. The third-order valence-corrected chi connectivity index (χ3v) is 2.24. The van der Waals surface area contributed by atoms with E-state index < -0.39 is 0 Å². The van der Waals surface area contributed by atoms with Crippen LogP contribution in [0.1, 0.15) is 5.69 Å². The topological polar surface area (TPSA) is 68.8 Å². The van der Waals surface area contributed by atoms with Crippen LogP contribution >= 0.6 is 0 Å². The predicted octanol–water partition coefficient (Wildman–Crippen LogP) is 1.05. The van der Waals surface area contributed by atoms with Crippen molar-refractivity contribution in [1.82, 2.24) is 14.8 Å². The minimum absolute atomic E-state index is 0.676. The van der Waals surface area contributed by atoms with Crippen molar-refractivity contribution in [2.45, 2.75) is 6.42 Å². The molecular formula is C11H15N5. The lowest BCUT2D eigenvalue weighted by Crippen LogP contribution is -2.07. The number of aromatic nitrogens is 3. The van der Waals surface area contributed by atoms with E-state index in [1.165, 1.54) is 0 Å². The highest BCUT2D eigenvalue weighted by Gasteiger charge is 1.97. The molecule has 0 atom stereocenters. The lowest BCUT2D eigenvalue weighted by Gasteiger charge is -2.03. The summed E-state index contributed by atoms with van der Waals surface area (Å²) in [5.41, 5.74) is 7.30. The molecule has 0 aliphatic heterocycles. The largest absolute Gasteiger partial charge is 0.397 e. The van der Waals surface area contributed by atoms with Gasteiger partial charge in [-0.25, -0.2) is 4.98 Å². The van der Waals surface area contributed by atoms with Gasteiger partial charge in [0, 0.05) is 26.2 Å². The quantitative estimate of drug-likeness (QED) is 0.803. The maximum atomic E-state index is 5.55. The van der Waals surface area contributed by atoms with Crippen molar-refractivity contribution in [2.24, 2.45) is 7.05 Å². The smallest absolute Gasteiger partial charge is 0.126 e. The van der Waals surface area contributed by atoms with Gasteiger partial charge in [0.1, 0.15) is 5.82 Å². The van der Waals surface area contributed by atoms with Crippen LogP contribution in [0.5, 0.6) is 0 Å².